The van der Waals surface area contributed by atoms with Crippen LogP contribution < -0.4 is 5.90 Å². The van der Waals surface area contributed by atoms with Crippen LogP contribution in [0.25, 0.3) is 22.2 Å². The third-order valence-electron chi connectivity index (χ3n) is 9.33. The second-order valence-corrected chi connectivity index (χ2v) is 12.4. The number of carbonyl (C=O) groups is 2. The fourth-order valence-electron chi connectivity index (χ4n) is 6.73. The maximum absolute atomic E-state index is 13.9. The van der Waals surface area contributed by atoms with Gasteiger partial charge in [0, 0.05) is 34.4 Å². The lowest BCUT2D eigenvalue weighted by atomic mass is 9.63. The van der Waals surface area contributed by atoms with Gasteiger partial charge in [-0.25, -0.2) is 0 Å². The molecule has 0 spiro atoms. The van der Waals surface area contributed by atoms with E-state index < -0.39 is 23.2 Å². The minimum atomic E-state index is -0.757. The maximum atomic E-state index is 13.9. The fraction of sp³-hybridized carbons (Fsp3) is 0.308. The second-order valence-electron chi connectivity index (χ2n) is 12.4. The first-order valence-corrected chi connectivity index (χ1v) is 15.9. The van der Waals surface area contributed by atoms with Crippen LogP contribution in [0, 0.1) is 25.7 Å². The number of nitrogens with two attached hydrogens (primary N) is 1. The van der Waals surface area contributed by atoms with E-state index in [1.807, 2.05) is 55.6 Å². The van der Waals surface area contributed by atoms with E-state index in [0.29, 0.717) is 25.7 Å². The van der Waals surface area contributed by atoms with Gasteiger partial charge in [-0.3, -0.25) is 14.6 Å². The molecule has 7 nitrogen and oxygen atoms in total. The first-order valence-electron chi connectivity index (χ1n) is 15.9. The van der Waals surface area contributed by atoms with Crippen molar-refractivity contribution in [2.45, 2.75) is 65.4 Å². The molecule has 0 saturated carbocycles. The Hall–Kier alpha value is -4.75. The topological polar surface area (TPSA) is 107 Å². The monoisotopic (exact) mass is 617 g/mol. The van der Waals surface area contributed by atoms with E-state index in [0.717, 1.165) is 38.9 Å². The van der Waals surface area contributed by atoms with Crippen molar-refractivity contribution in [3.05, 3.63) is 125 Å². The Balaban J connectivity index is 1.53. The van der Waals surface area contributed by atoms with Crippen LogP contribution in [0.5, 0.6) is 0 Å². The summed E-state index contributed by atoms with van der Waals surface area (Å²) in [7, 11) is 0. The molecule has 2 heterocycles. The van der Waals surface area contributed by atoms with Gasteiger partial charge in [0.05, 0.1) is 11.8 Å². The molecule has 46 heavy (non-hydrogen) atoms. The Morgan fingerprint density at radius 2 is 1.65 bits per heavy atom. The lowest BCUT2D eigenvalue weighted by Gasteiger charge is -2.40. The molecule has 0 fully saturated rings. The van der Waals surface area contributed by atoms with Crippen molar-refractivity contribution in [1.29, 1.82) is 0 Å². The number of esters is 1. The Kier molecular flexibility index (Phi) is 10.3. The third-order valence-corrected chi connectivity index (χ3v) is 9.33. The Morgan fingerprint density at radius 3 is 2.33 bits per heavy atom. The summed E-state index contributed by atoms with van der Waals surface area (Å²) in [5, 5.41) is 1.02. The largest absolute Gasteiger partial charge is 0.461 e. The number of benzene rings is 3. The van der Waals surface area contributed by atoms with Crippen molar-refractivity contribution in [3.8, 4) is 11.3 Å². The molecule has 7 heteroatoms. The molecule has 3 atom stereocenters. The Bertz CT molecular complexity index is 1760. The molecule has 0 amide bonds. The Labute approximate surface area is 271 Å². The van der Waals surface area contributed by atoms with Gasteiger partial charge in [0.25, 0.3) is 0 Å². The number of ether oxygens (including phenoxy) is 1. The first kappa shape index (κ1) is 32.6. The first-order chi connectivity index (χ1) is 22.2. The molecule has 2 aromatic heterocycles. The summed E-state index contributed by atoms with van der Waals surface area (Å²) in [4.78, 5) is 39.7. The summed E-state index contributed by atoms with van der Waals surface area (Å²) in [5.74, 6) is 3.54. The molecular weight excluding hydrogens is 574 g/mol. The number of aryl methyl sites for hydroxylation is 3. The van der Waals surface area contributed by atoms with Crippen LogP contribution in [-0.4, -0.2) is 21.9 Å². The van der Waals surface area contributed by atoms with Crippen LogP contribution in [-0.2, 0) is 37.6 Å². The maximum Gasteiger partial charge on any atom is 0.328 e. The highest BCUT2D eigenvalue weighted by atomic mass is 16.7. The molecule has 0 aliphatic carbocycles. The molecule has 5 aromatic rings. The summed E-state index contributed by atoms with van der Waals surface area (Å²) in [6, 6.07) is 28.4. The molecule has 0 radical (unpaired) electrons. The van der Waals surface area contributed by atoms with E-state index in [4.69, 9.17) is 15.5 Å². The zero-order chi connectivity index (χ0) is 32.7. The number of aromatic amines is 1. The minimum absolute atomic E-state index is 0.180. The van der Waals surface area contributed by atoms with Gasteiger partial charge in [-0.2, -0.15) is 5.90 Å². The van der Waals surface area contributed by atoms with Crippen molar-refractivity contribution in [1.82, 2.24) is 9.97 Å². The van der Waals surface area contributed by atoms with Gasteiger partial charge in [0.15, 0.2) is 0 Å². The van der Waals surface area contributed by atoms with Gasteiger partial charge in [-0.1, -0.05) is 73.5 Å². The highest BCUT2D eigenvalue weighted by Gasteiger charge is 2.44. The van der Waals surface area contributed by atoms with E-state index in [-0.39, 0.29) is 12.6 Å². The van der Waals surface area contributed by atoms with Crippen molar-refractivity contribution in [2.75, 3.05) is 0 Å². The highest BCUT2D eigenvalue weighted by molar-refractivity contribution is 5.87. The van der Waals surface area contributed by atoms with Crippen molar-refractivity contribution >= 4 is 22.8 Å². The molecule has 0 bridgehead atoms. The third kappa shape index (κ3) is 7.37. The van der Waals surface area contributed by atoms with Crippen LogP contribution in [0.15, 0.2) is 97.3 Å². The van der Waals surface area contributed by atoms with E-state index in [9.17, 15) is 9.59 Å². The van der Waals surface area contributed by atoms with E-state index in [1.54, 1.807) is 6.20 Å². The van der Waals surface area contributed by atoms with Crippen molar-refractivity contribution < 1.29 is 19.2 Å². The van der Waals surface area contributed by atoms with E-state index in [1.165, 1.54) is 11.1 Å². The quantitative estimate of drug-likeness (QED) is 0.103. The lowest BCUT2D eigenvalue weighted by molar-refractivity contribution is -0.155. The van der Waals surface area contributed by atoms with Gasteiger partial charge in [0.2, 0.25) is 0 Å². The summed E-state index contributed by atoms with van der Waals surface area (Å²) in [6.45, 7) is 8.27. The smallest absolute Gasteiger partial charge is 0.328 e. The average molecular weight is 618 g/mol. The number of fused-ring (bicyclic) bond motifs is 1. The molecule has 0 aliphatic rings. The molecule has 3 aromatic carbocycles. The predicted molar refractivity (Wildman–Crippen MR) is 182 cm³/mol. The van der Waals surface area contributed by atoms with Crippen molar-refractivity contribution in [2.24, 2.45) is 17.7 Å². The molecule has 0 aliphatic heterocycles. The molecule has 3 N–H and O–H groups in total. The molecule has 238 valence electrons. The number of H-pyrrole nitrogens is 1. The normalized spacial score (nSPS) is 13.9. The van der Waals surface area contributed by atoms with E-state index in [2.05, 4.69) is 73.2 Å². The van der Waals surface area contributed by atoms with Gasteiger partial charge in [-0.05, 0) is 98.2 Å². The minimum Gasteiger partial charge on any atom is -0.461 e. The van der Waals surface area contributed by atoms with Crippen LogP contribution >= 0.6 is 0 Å². The standard InChI is InChI=1S/C39H43N3O4/c1-5-39(28(4)37(43)46-40,34-15-16-35-33(21-34)22-36(42-35)32-19-26(2)18-27(3)20-32)23-31(14-13-29-12-9-17-41-24-29)38(44)45-25-30-10-7-6-8-11-30/h6-12,15-22,24,28,31,42H,5,13-14,23,25,40H2,1-4H3. The second kappa shape index (κ2) is 14.6. The number of pyridine rings is 1. The summed E-state index contributed by atoms with van der Waals surface area (Å²) in [5.41, 5.74) is 7.68. The SMILES string of the molecule is CCC(CC(CCc1cccnc1)C(=O)OCc1ccccc1)(c1ccc2[nH]c(-c3cc(C)cc(C)c3)cc2c1)C(C)C(=O)ON. The molecule has 5 rings (SSSR count). The lowest BCUT2D eigenvalue weighted by Crippen LogP contribution is -2.42. The summed E-state index contributed by atoms with van der Waals surface area (Å²) >= 11 is 0. The van der Waals surface area contributed by atoms with E-state index >= 15 is 0 Å². The zero-order valence-corrected chi connectivity index (χ0v) is 27.1. The van der Waals surface area contributed by atoms with Gasteiger partial charge in [0.1, 0.15) is 6.61 Å². The number of nitrogens with zero attached hydrogens (tertiary/aromatic N) is 1. The number of carbonyl (C=O) groups excluding carboxylic acids is 2. The van der Waals surface area contributed by atoms with Crippen molar-refractivity contribution in [3.63, 3.8) is 0 Å². The van der Waals surface area contributed by atoms with Gasteiger partial charge < -0.3 is 14.6 Å². The number of nitrogens with one attached hydrogen (secondary N) is 1. The number of hydrogen-bond acceptors (Lipinski definition) is 6. The average Bonchev–Trinajstić information content (AvgIpc) is 3.51. The van der Waals surface area contributed by atoms with Gasteiger partial charge >= 0.3 is 11.9 Å². The number of hydrogen-bond donors (Lipinski definition) is 2. The van der Waals surface area contributed by atoms with Crippen LogP contribution in [0.1, 0.15) is 60.9 Å². The summed E-state index contributed by atoms with van der Waals surface area (Å²) in [6.07, 6.45) is 5.70. The number of aromatic nitrogens is 2. The Morgan fingerprint density at radius 1 is 0.913 bits per heavy atom. The van der Waals surface area contributed by atoms with Gasteiger partial charge in [-0.15, -0.1) is 0 Å². The highest BCUT2D eigenvalue weighted by Crippen LogP contribution is 2.44. The number of rotatable bonds is 13. The van der Waals surface area contributed by atoms with Crippen LogP contribution in [0.4, 0.5) is 0 Å². The predicted octanol–water partition coefficient (Wildman–Crippen LogP) is 7.93. The van der Waals surface area contributed by atoms with Crippen LogP contribution in [0.2, 0.25) is 0 Å². The zero-order valence-electron chi connectivity index (χ0n) is 27.1. The molecule has 0 saturated heterocycles. The summed E-state index contributed by atoms with van der Waals surface area (Å²) < 4.78 is 5.91. The van der Waals surface area contributed by atoms with Crippen LogP contribution in [0.3, 0.4) is 0 Å². The molecular formula is C39H43N3O4. The fourth-order valence-corrected chi connectivity index (χ4v) is 6.73. The molecule has 3 unspecified atom stereocenters.